The van der Waals surface area contributed by atoms with Gasteiger partial charge in [0.25, 0.3) is 0 Å². The molecule has 0 radical (unpaired) electrons. The second-order valence-electron chi connectivity index (χ2n) is 5.15. The van der Waals surface area contributed by atoms with E-state index in [1.807, 2.05) is 12.1 Å². The Balaban J connectivity index is 1.69. The van der Waals surface area contributed by atoms with Gasteiger partial charge in [0.05, 0.1) is 19.1 Å². The summed E-state index contributed by atoms with van der Waals surface area (Å²) < 4.78 is 29.5. The van der Waals surface area contributed by atoms with E-state index in [0.29, 0.717) is 13.1 Å². The van der Waals surface area contributed by atoms with Crippen molar-refractivity contribution in [2.45, 2.75) is 13.0 Å². The zero-order chi connectivity index (χ0) is 15.3. The molecule has 0 aromatic carbocycles. The molecule has 0 aliphatic carbocycles. The summed E-state index contributed by atoms with van der Waals surface area (Å²) in [4.78, 5) is 16.0. The van der Waals surface area contributed by atoms with Crippen molar-refractivity contribution in [3.8, 4) is 0 Å². The third-order valence-corrected chi connectivity index (χ3v) is 4.12. The quantitative estimate of drug-likeness (QED) is 0.790. The Kier molecular flexibility index (Phi) is 5.38. The molecule has 0 spiro atoms. The van der Waals surface area contributed by atoms with Crippen molar-refractivity contribution in [1.82, 2.24) is 14.5 Å². The standard InChI is InChI=1S/C13H21N3O4S/c1-21(18,19)14-5-4-13(17)16-8-6-15(7-9-16)11-12-3-2-10-20-12/h2-3,10,14H,4-9,11H2,1H3. The summed E-state index contributed by atoms with van der Waals surface area (Å²) in [6.07, 6.45) is 2.94. The minimum atomic E-state index is -3.23. The number of nitrogens with zero attached hydrogens (tertiary/aromatic N) is 2. The van der Waals surface area contributed by atoms with Gasteiger partial charge in [-0.3, -0.25) is 9.69 Å². The number of piperazine rings is 1. The van der Waals surface area contributed by atoms with Crippen molar-refractivity contribution in [2.24, 2.45) is 0 Å². The van der Waals surface area contributed by atoms with Crippen LogP contribution < -0.4 is 4.72 Å². The summed E-state index contributed by atoms with van der Waals surface area (Å²) in [6.45, 7) is 3.84. The van der Waals surface area contributed by atoms with Crippen LogP contribution in [0.3, 0.4) is 0 Å². The van der Waals surface area contributed by atoms with Gasteiger partial charge in [-0.05, 0) is 12.1 Å². The molecule has 1 amide bonds. The Labute approximate surface area is 124 Å². The van der Waals surface area contributed by atoms with Gasteiger partial charge in [0.1, 0.15) is 5.76 Å². The van der Waals surface area contributed by atoms with E-state index in [1.54, 1.807) is 11.2 Å². The molecule has 0 bridgehead atoms. The maximum absolute atomic E-state index is 12.0. The van der Waals surface area contributed by atoms with Gasteiger partial charge in [-0.1, -0.05) is 0 Å². The molecule has 1 aliphatic rings. The highest BCUT2D eigenvalue weighted by Gasteiger charge is 2.21. The van der Waals surface area contributed by atoms with Crippen molar-refractivity contribution in [3.05, 3.63) is 24.2 Å². The maximum Gasteiger partial charge on any atom is 0.223 e. The lowest BCUT2D eigenvalue weighted by atomic mass is 10.2. The average Bonchev–Trinajstić information content (AvgIpc) is 2.91. The summed E-state index contributed by atoms with van der Waals surface area (Å²) in [5.74, 6) is 0.913. The van der Waals surface area contributed by atoms with E-state index in [0.717, 1.165) is 31.7 Å². The molecule has 1 N–H and O–H groups in total. The first kappa shape index (κ1) is 16.0. The minimum absolute atomic E-state index is 0.0104. The number of hydrogen-bond acceptors (Lipinski definition) is 5. The van der Waals surface area contributed by atoms with E-state index in [2.05, 4.69) is 9.62 Å². The van der Waals surface area contributed by atoms with E-state index in [9.17, 15) is 13.2 Å². The molecule has 0 atom stereocenters. The van der Waals surface area contributed by atoms with Gasteiger partial charge in [0, 0.05) is 39.1 Å². The van der Waals surface area contributed by atoms with E-state index >= 15 is 0 Å². The molecule has 0 unspecified atom stereocenters. The fraction of sp³-hybridized carbons (Fsp3) is 0.615. The number of hydrogen-bond donors (Lipinski definition) is 1. The Hall–Kier alpha value is -1.38. The van der Waals surface area contributed by atoms with Crippen LogP contribution in [0.5, 0.6) is 0 Å². The van der Waals surface area contributed by atoms with Crippen LogP contribution in [0.4, 0.5) is 0 Å². The molecule has 2 rings (SSSR count). The summed E-state index contributed by atoms with van der Waals surface area (Å²) in [5, 5.41) is 0. The zero-order valence-corrected chi connectivity index (χ0v) is 12.9. The normalized spacial score (nSPS) is 17.1. The van der Waals surface area contributed by atoms with Gasteiger partial charge in [-0.2, -0.15) is 0 Å². The second-order valence-corrected chi connectivity index (χ2v) is 6.99. The fourth-order valence-corrected chi connectivity index (χ4v) is 2.75. The predicted molar refractivity (Wildman–Crippen MR) is 78.0 cm³/mol. The van der Waals surface area contributed by atoms with Crippen molar-refractivity contribution >= 4 is 15.9 Å². The molecule has 1 saturated heterocycles. The Morgan fingerprint density at radius 1 is 1.33 bits per heavy atom. The smallest absolute Gasteiger partial charge is 0.223 e. The highest BCUT2D eigenvalue weighted by atomic mass is 32.2. The lowest BCUT2D eigenvalue weighted by molar-refractivity contribution is -0.132. The van der Waals surface area contributed by atoms with Gasteiger partial charge >= 0.3 is 0 Å². The van der Waals surface area contributed by atoms with Crippen LogP contribution in [0.1, 0.15) is 12.2 Å². The highest BCUT2D eigenvalue weighted by Crippen LogP contribution is 2.09. The third kappa shape index (κ3) is 5.49. The lowest BCUT2D eigenvalue weighted by Crippen LogP contribution is -2.48. The van der Waals surface area contributed by atoms with Gasteiger partial charge < -0.3 is 9.32 Å². The third-order valence-electron chi connectivity index (χ3n) is 3.39. The van der Waals surface area contributed by atoms with Gasteiger partial charge in [-0.25, -0.2) is 13.1 Å². The number of carbonyl (C=O) groups is 1. The summed E-state index contributed by atoms with van der Waals surface area (Å²) in [7, 11) is -3.23. The van der Waals surface area contributed by atoms with Crippen LogP contribution in [0.2, 0.25) is 0 Å². The van der Waals surface area contributed by atoms with Crippen LogP contribution in [0.15, 0.2) is 22.8 Å². The number of sulfonamides is 1. The number of amides is 1. The molecule has 8 heteroatoms. The maximum atomic E-state index is 12.0. The van der Waals surface area contributed by atoms with Gasteiger partial charge in [0.2, 0.25) is 15.9 Å². The zero-order valence-electron chi connectivity index (χ0n) is 12.1. The van der Waals surface area contributed by atoms with Crippen LogP contribution in [0.25, 0.3) is 0 Å². The summed E-state index contributed by atoms with van der Waals surface area (Å²) in [5.41, 5.74) is 0. The molecule has 1 fully saturated rings. The first-order chi connectivity index (χ1) is 9.94. The van der Waals surface area contributed by atoms with Crippen molar-refractivity contribution in [3.63, 3.8) is 0 Å². The van der Waals surface area contributed by atoms with E-state index in [-0.39, 0.29) is 18.9 Å². The molecule has 1 aromatic rings. The molecule has 21 heavy (non-hydrogen) atoms. The molecule has 1 aliphatic heterocycles. The predicted octanol–water partition coefficient (Wildman–Crippen LogP) is -0.137. The van der Waals surface area contributed by atoms with E-state index < -0.39 is 10.0 Å². The molecule has 2 heterocycles. The molecular weight excluding hydrogens is 294 g/mol. The van der Waals surface area contributed by atoms with Crippen molar-refractivity contribution in [1.29, 1.82) is 0 Å². The Bertz CT molecular complexity index is 548. The van der Waals surface area contributed by atoms with Crippen molar-refractivity contribution in [2.75, 3.05) is 39.0 Å². The summed E-state index contributed by atoms with van der Waals surface area (Å²) >= 11 is 0. The molecule has 118 valence electrons. The molecular formula is C13H21N3O4S. The fourth-order valence-electron chi connectivity index (χ4n) is 2.28. The SMILES string of the molecule is CS(=O)(=O)NCCC(=O)N1CCN(Cc2ccco2)CC1. The van der Waals surface area contributed by atoms with Crippen LogP contribution in [0, 0.1) is 0 Å². The lowest BCUT2D eigenvalue weighted by Gasteiger charge is -2.34. The number of furan rings is 1. The topological polar surface area (TPSA) is 82.9 Å². The number of nitrogens with one attached hydrogen (secondary N) is 1. The van der Waals surface area contributed by atoms with Crippen LogP contribution in [-0.4, -0.2) is 63.1 Å². The summed E-state index contributed by atoms with van der Waals surface area (Å²) in [6, 6.07) is 3.80. The molecule has 7 nitrogen and oxygen atoms in total. The van der Waals surface area contributed by atoms with E-state index in [4.69, 9.17) is 4.42 Å². The molecule has 0 saturated carbocycles. The van der Waals surface area contributed by atoms with Crippen LogP contribution >= 0.6 is 0 Å². The largest absolute Gasteiger partial charge is 0.468 e. The van der Waals surface area contributed by atoms with Crippen LogP contribution in [-0.2, 0) is 21.4 Å². The second kappa shape index (κ2) is 7.06. The Morgan fingerprint density at radius 3 is 2.62 bits per heavy atom. The number of rotatable bonds is 6. The Morgan fingerprint density at radius 2 is 2.05 bits per heavy atom. The molecule has 1 aromatic heterocycles. The highest BCUT2D eigenvalue weighted by molar-refractivity contribution is 7.88. The van der Waals surface area contributed by atoms with E-state index in [1.165, 1.54) is 0 Å². The minimum Gasteiger partial charge on any atom is -0.468 e. The first-order valence-electron chi connectivity index (χ1n) is 6.91. The van der Waals surface area contributed by atoms with Crippen molar-refractivity contribution < 1.29 is 17.6 Å². The monoisotopic (exact) mass is 315 g/mol. The number of carbonyl (C=O) groups excluding carboxylic acids is 1. The van der Waals surface area contributed by atoms with Gasteiger partial charge in [-0.15, -0.1) is 0 Å². The average molecular weight is 315 g/mol. The van der Waals surface area contributed by atoms with Gasteiger partial charge in [0.15, 0.2) is 0 Å². The first-order valence-corrected chi connectivity index (χ1v) is 8.80.